The summed E-state index contributed by atoms with van der Waals surface area (Å²) in [7, 11) is -1.96. The zero-order valence-electron chi connectivity index (χ0n) is 15.9. The highest BCUT2D eigenvalue weighted by atomic mass is 35.5. The van der Waals surface area contributed by atoms with Gasteiger partial charge in [0.1, 0.15) is 4.90 Å². The Bertz CT molecular complexity index is 1030. The third-order valence-corrected chi connectivity index (χ3v) is 7.93. The fourth-order valence-corrected chi connectivity index (χ4v) is 6.41. The summed E-state index contributed by atoms with van der Waals surface area (Å²) in [6, 6.07) is 3.01. The van der Waals surface area contributed by atoms with Gasteiger partial charge in [-0.3, -0.25) is 9.48 Å². The first kappa shape index (κ1) is 19.4. The van der Waals surface area contributed by atoms with E-state index in [1.807, 2.05) is 13.2 Å². The standard InChI is InChI=1S/C19H23ClN4O3S/c1-13(25)23-8-6-14-9-19(16(20)10-18(14)23)28(26,27)24-7-4-3-5-17(24)15-11-21-22(2)12-15/h9-12,17H,3-8H2,1-2H3. The number of carbonyl (C=O) groups is 1. The third kappa shape index (κ3) is 3.23. The first-order valence-electron chi connectivity index (χ1n) is 9.40. The van der Waals surface area contributed by atoms with Crippen LogP contribution in [0.1, 0.15) is 43.4 Å². The summed E-state index contributed by atoms with van der Waals surface area (Å²) in [4.78, 5) is 13.6. The van der Waals surface area contributed by atoms with E-state index in [0.717, 1.165) is 30.4 Å². The van der Waals surface area contributed by atoms with E-state index in [4.69, 9.17) is 11.6 Å². The van der Waals surface area contributed by atoms with Gasteiger partial charge in [0, 0.05) is 44.5 Å². The van der Waals surface area contributed by atoms with E-state index in [9.17, 15) is 13.2 Å². The lowest BCUT2D eigenvalue weighted by Crippen LogP contribution is -2.38. The van der Waals surface area contributed by atoms with E-state index in [2.05, 4.69) is 5.10 Å². The molecular weight excluding hydrogens is 400 g/mol. The molecule has 2 aliphatic heterocycles. The molecule has 0 bridgehead atoms. The maximum Gasteiger partial charge on any atom is 0.245 e. The van der Waals surface area contributed by atoms with Gasteiger partial charge in [-0.2, -0.15) is 9.40 Å². The minimum Gasteiger partial charge on any atom is -0.312 e. The molecule has 9 heteroatoms. The van der Waals surface area contributed by atoms with E-state index < -0.39 is 10.0 Å². The molecule has 1 aromatic carbocycles. The average Bonchev–Trinajstić information content (AvgIpc) is 3.26. The van der Waals surface area contributed by atoms with Gasteiger partial charge in [-0.25, -0.2) is 8.42 Å². The number of hydrogen-bond donors (Lipinski definition) is 0. The number of aryl methyl sites for hydroxylation is 1. The van der Waals surface area contributed by atoms with Crippen LogP contribution in [-0.2, 0) is 28.3 Å². The zero-order chi connectivity index (χ0) is 20.1. The minimum atomic E-state index is -3.78. The molecule has 28 heavy (non-hydrogen) atoms. The average molecular weight is 423 g/mol. The van der Waals surface area contributed by atoms with Gasteiger partial charge in [-0.05, 0) is 37.0 Å². The quantitative estimate of drug-likeness (QED) is 0.762. The van der Waals surface area contributed by atoms with Gasteiger partial charge in [0.2, 0.25) is 15.9 Å². The van der Waals surface area contributed by atoms with Crippen LogP contribution < -0.4 is 4.90 Å². The van der Waals surface area contributed by atoms with Crippen molar-refractivity contribution in [3.8, 4) is 0 Å². The number of amides is 1. The molecule has 0 spiro atoms. The van der Waals surface area contributed by atoms with Crippen molar-refractivity contribution in [3.05, 3.63) is 40.7 Å². The van der Waals surface area contributed by atoms with Crippen LogP contribution in [0, 0.1) is 0 Å². The van der Waals surface area contributed by atoms with Gasteiger partial charge in [-0.1, -0.05) is 18.0 Å². The van der Waals surface area contributed by atoms with E-state index in [-0.39, 0.29) is 21.9 Å². The SMILES string of the molecule is CC(=O)N1CCc2cc(S(=O)(=O)N3CCCCC3c3cnn(C)c3)c(Cl)cc21. The predicted molar refractivity (Wildman–Crippen MR) is 107 cm³/mol. The van der Waals surface area contributed by atoms with Crippen molar-refractivity contribution in [1.82, 2.24) is 14.1 Å². The molecule has 1 unspecified atom stereocenters. The maximum absolute atomic E-state index is 13.5. The lowest BCUT2D eigenvalue weighted by atomic mass is 10.0. The minimum absolute atomic E-state index is 0.0712. The van der Waals surface area contributed by atoms with Crippen molar-refractivity contribution in [1.29, 1.82) is 0 Å². The number of rotatable bonds is 3. The lowest BCUT2D eigenvalue weighted by molar-refractivity contribution is -0.116. The second-order valence-electron chi connectivity index (χ2n) is 7.41. The molecule has 3 heterocycles. The Labute approximate surface area is 169 Å². The molecule has 1 atom stereocenters. The number of aromatic nitrogens is 2. The summed E-state index contributed by atoms with van der Waals surface area (Å²) in [5.41, 5.74) is 2.44. The number of halogens is 1. The first-order valence-corrected chi connectivity index (χ1v) is 11.2. The van der Waals surface area contributed by atoms with Gasteiger partial charge < -0.3 is 4.90 Å². The van der Waals surface area contributed by atoms with Crippen molar-refractivity contribution in [2.24, 2.45) is 7.05 Å². The fourth-order valence-electron chi connectivity index (χ4n) is 4.18. The zero-order valence-corrected chi connectivity index (χ0v) is 17.5. The predicted octanol–water partition coefficient (Wildman–Crippen LogP) is 2.90. The molecule has 4 rings (SSSR count). The van der Waals surface area contributed by atoms with Crippen LogP contribution in [0.3, 0.4) is 0 Å². The van der Waals surface area contributed by atoms with Crippen molar-refractivity contribution < 1.29 is 13.2 Å². The molecule has 0 aliphatic carbocycles. The Morgan fingerprint density at radius 1 is 1.25 bits per heavy atom. The van der Waals surface area contributed by atoms with E-state index in [0.29, 0.717) is 25.2 Å². The topological polar surface area (TPSA) is 75.5 Å². The van der Waals surface area contributed by atoms with E-state index in [1.165, 1.54) is 6.92 Å². The van der Waals surface area contributed by atoms with Crippen LogP contribution in [0.2, 0.25) is 5.02 Å². The number of anilines is 1. The highest BCUT2D eigenvalue weighted by Crippen LogP contribution is 2.40. The van der Waals surface area contributed by atoms with Gasteiger partial charge in [0.15, 0.2) is 0 Å². The highest BCUT2D eigenvalue weighted by molar-refractivity contribution is 7.89. The van der Waals surface area contributed by atoms with Crippen molar-refractivity contribution in [2.75, 3.05) is 18.0 Å². The Kier molecular flexibility index (Phi) is 4.97. The molecule has 150 valence electrons. The van der Waals surface area contributed by atoms with Gasteiger partial charge in [0.05, 0.1) is 17.3 Å². The fraction of sp³-hybridized carbons (Fsp3) is 0.474. The molecule has 0 N–H and O–H groups in total. The number of sulfonamides is 1. The Hall–Kier alpha value is -1.90. The number of piperidine rings is 1. The summed E-state index contributed by atoms with van der Waals surface area (Å²) in [5.74, 6) is -0.0712. The molecule has 1 saturated heterocycles. The smallest absolute Gasteiger partial charge is 0.245 e. The van der Waals surface area contributed by atoms with E-state index in [1.54, 1.807) is 32.2 Å². The molecule has 2 aliphatic rings. The molecule has 2 aromatic rings. The Morgan fingerprint density at radius 2 is 2.04 bits per heavy atom. The van der Waals surface area contributed by atoms with Crippen molar-refractivity contribution in [2.45, 2.75) is 43.5 Å². The number of hydrogen-bond acceptors (Lipinski definition) is 4. The van der Waals surface area contributed by atoms with Crippen LogP contribution >= 0.6 is 11.6 Å². The Balaban J connectivity index is 1.74. The monoisotopic (exact) mass is 422 g/mol. The lowest BCUT2D eigenvalue weighted by Gasteiger charge is -2.34. The van der Waals surface area contributed by atoms with Crippen LogP contribution in [0.5, 0.6) is 0 Å². The second kappa shape index (κ2) is 7.17. The normalized spacial score (nSPS) is 20.4. The molecule has 0 radical (unpaired) electrons. The summed E-state index contributed by atoms with van der Waals surface area (Å²) < 4.78 is 30.3. The Morgan fingerprint density at radius 3 is 2.71 bits per heavy atom. The number of benzene rings is 1. The van der Waals surface area contributed by atoms with Gasteiger partial charge in [-0.15, -0.1) is 0 Å². The summed E-state index contributed by atoms with van der Waals surface area (Å²) in [6.07, 6.45) is 6.76. The summed E-state index contributed by atoms with van der Waals surface area (Å²) >= 11 is 6.42. The maximum atomic E-state index is 13.5. The molecule has 0 saturated carbocycles. The molecule has 1 aromatic heterocycles. The van der Waals surface area contributed by atoms with E-state index >= 15 is 0 Å². The molecule has 1 amide bonds. The molecular formula is C19H23ClN4O3S. The van der Waals surface area contributed by atoms with Crippen LogP contribution in [0.15, 0.2) is 29.4 Å². The van der Waals surface area contributed by atoms with Crippen molar-refractivity contribution in [3.63, 3.8) is 0 Å². The highest BCUT2D eigenvalue weighted by Gasteiger charge is 2.37. The summed E-state index contributed by atoms with van der Waals surface area (Å²) in [5, 5.41) is 4.36. The van der Waals surface area contributed by atoms with Crippen LogP contribution in [0.4, 0.5) is 5.69 Å². The largest absolute Gasteiger partial charge is 0.312 e. The van der Waals surface area contributed by atoms with Gasteiger partial charge in [0.25, 0.3) is 0 Å². The third-order valence-electron chi connectivity index (χ3n) is 5.56. The number of carbonyl (C=O) groups excluding carboxylic acids is 1. The molecule has 7 nitrogen and oxygen atoms in total. The van der Waals surface area contributed by atoms with Crippen LogP contribution in [-0.4, -0.2) is 41.5 Å². The van der Waals surface area contributed by atoms with Crippen LogP contribution in [0.25, 0.3) is 0 Å². The second-order valence-corrected chi connectivity index (χ2v) is 9.67. The number of nitrogens with zero attached hydrogens (tertiary/aromatic N) is 4. The van der Waals surface area contributed by atoms with Gasteiger partial charge >= 0.3 is 0 Å². The molecule has 1 fully saturated rings. The first-order chi connectivity index (χ1) is 13.3. The number of fused-ring (bicyclic) bond motifs is 1. The summed E-state index contributed by atoms with van der Waals surface area (Å²) in [6.45, 7) is 2.50. The van der Waals surface area contributed by atoms with Crippen molar-refractivity contribution >= 4 is 33.2 Å².